The zero-order chi connectivity index (χ0) is 21.1. The molecular weight excluding hydrogens is 408 g/mol. The predicted octanol–water partition coefficient (Wildman–Crippen LogP) is 3.76. The minimum Gasteiger partial charge on any atom is -0.461 e. The van der Waals surface area contributed by atoms with Gasteiger partial charge in [0.25, 0.3) is 0 Å². The van der Waals surface area contributed by atoms with E-state index in [1.165, 1.54) is 29.7 Å². The molecule has 8 heteroatoms. The van der Waals surface area contributed by atoms with Gasteiger partial charge in [0.2, 0.25) is 10.0 Å². The van der Waals surface area contributed by atoms with E-state index in [9.17, 15) is 13.2 Å². The number of carbonyl (C=O) groups is 1. The van der Waals surface area contributed by atoms with Crippen LogP contribution in [0.15, 0.2) is 29.6 Å². The maximum absolute atomic E-state index is 12.2. The Morgan fingerprint density at radius 2 is 1.76 bits per heavy atom. The molecule has 2 rings (SSSR count). The summed E-state index contributed by atoms with van der Waals surface area (Å²) in [5.74, 6) is -0.347. The maximum Gasteiger partial charge on any atom is 0.357 e. The molecule has 1 aromatic heterocycles. The molecule has 0 fully saturated rings. The summed E-state index contributed by atoms with van der Waals surface area (Å²) < 4.78 is 32.0. The van der Waals surface area contributed by atoms with E-state index in [4.69, 9.17) is 4.74 Å². The summed E-state index contributed by atoms with van der Waals surface area (Å²) in [4.78, 5) is 15.8. The predicted molar refractivity (Wildman–Crippen MR) is 117 cm³/mol. The molecule has 0 unspecified atom stereocenters. The Morgan fingerprint density at radius 3 is 2.41 bits per heavy atom. The highest BCUT2D eigenvalue weighted by Gasteiger charge is 2.13. The summed E-state index contributed by atoms with van der Waals surface area (Å²) >= 11 is 1.39. The van der Waals surface area contributed by atoms with Crippen LogP contribution in [0, 0.1) is 0 Å². The smallest absolute Gasteiger partial charge is 0.357 e. The van der Waals surface area contributed by atoms with Crippen LogP contribution in [0.4, 0.5) is 0 Å². The Hall–Kier alpha value is -1.77. The number of ether oxygens (including phenoxy) is 1. The number of benzene rings is 1. The van der Waals surface area contributed by atoms with Gasteiger partial charge in [0.15, 0.2) is 5.69 Å². The molecular formula is C21H30N2O4S2. The molecule has 0 bridgehead atoms. The van der Waals surface area contributed by atoms with Gasteiger partial charge < -0.3 is 4.74 Å². The molecule has 29 heavy (non-hydrogen) atoms. The van der Waals surface area contributed by atoms with Crippen LogP contribution in [-0.2, 0) is 34.0 Å². The fraction of sp³-hybridized carbons (Fsp3) is 0.524. The SMILES string of the molecule is CCCCc1ccc(CCS(=O)(=O)NCCCc2nc(C(=O)OCC)cs2)cc1. The van der Waals surface area contributed by atoms with Crippen LogP contribution in [0.2, 0.25) is 0 Å². The first-order valence-corrected chi connectivity index (χ1v) is 12.6. The number of unbranched alkanes of at least 4 members (excludes halogenated alkanes) is 1. The van der Waals surface area contributed by atoms with Gasteiger partial charge in [-0.15, -0.1) is 11.3 Å². The average molecular weight is 439 g/mol. The molecule has 0 atom stereocenters. The third-order valence-electron chi connectivity index (χ3n) is 4.43. The van der Waals surface area contributed by atoms with Crippen LogP contribution in [-0.4, -0.2) is 38.3 Å². The van der Waals surface area contributed by atoms with Gasteiger partial charge in [0.05, 0.1) is 17.4 Å². The van der Waals surface area contributed by atoms with Crippen molar-refractivity contribution >= 4 is 27.3 Å². The minimum absolute atomic E-state index is 0.0750. The molecule has 0 radical (unpaired) electrons. The van der Waals surface area contributed by atoms with Crippen LogP contribution < -0.4 is 4.72 Å². The molecule has 6 nitrogen and oxygen atoms in total. The van der Waals surface area contributed by atoms with E-state index in [-0.39, 0.29) is 5.75 Å². The van der Waals surface area contributed by atoms with Crippen molar-refractivity contribution in [1.82, 2.24) is 9.71 Å². The summed E-state index contributed by atoms with van der Waals surface area (Å²) in [7, 11) is -3.32. The lowest BCUT2D eigenvalue weighted by Gasteiger charge is -2.07. The summed E-state index contributed by atoms with van der Waals surface area (Å²) in [6, 6.07) is 8.21. The van der Waals surface area contributed by atoms with Crippen molar-refractivity contribution < 1.29 is 17.9 Å². The largest absolute Gasteiger partial charge is 0.461 e. The van der Waals surface area contributed by atoms with E-state index in [0.717, 1.165) is 17.0 Å². The van der Waals surface area contributed by atoms with Gasteiger partial charge in [-0.3, -0.25) is 0 Å². The van der Waals surface area contributed by atoms with Gasteiger partial charge >= 0.3 is 5.97 Å². The zero-order valence-electron chi connectivity index (χ0n) is 17.1. The van der Waals surface area contributed by atoms with E-state index >= 15 is 0 Å². The molecule has 0 spiro atoms. The fourth-order valence-electron chi connectivity index (χ4n) is 2.77. The quantitative estimate of drug-likeness (QED) is 0.380. The number of carbonyl (C=O) groups excluding carboxylic acids is 1. The Kier molecular flexibility index (Phi) is 9.76. The Labute approximate surface area is 177 Å². The first-order valence-electron chi connectivity index (χ1n) is 10.1. The summed E-state index contributed by atoms with van der Waals surface area (Å²) in [6.07, 6.45) is 5.15. The highest BCUT2D eigenvalue weighted by atomic mass is 32.2. The van der Waals surface area contributed by atoms with Crippen molar-refractivity contribution in [2.24, 2.45) is 0 Å². The van der Waals surface area contributed by atoms with Crippen LogP contribution in [0.3, 0.4) is 0 Å². The molecule has 1 N–H and O–H groups in total. The second kappa shape index (κ2) is 12.0. The number of aromatic nitrogens is 1. The van der Waals surface area contributed by atoms with Crippen molar-refractivity contribution in [2.45, 2.75) is 52.4 Å². The molecule has 0 saturated heterocycles. The first kappa shape index (κ1) is 23.5. The summed E-state index contributed by atoms with van der Waals surface area (Å²) in [5.41, 5.74) is 2.64. The molecule has 2 aromatic rings. The second-order valence-corrected chi connectivity index (χ2v) is 9.70. The standard InChI is InChI=1S/C21H30N2O4S2/c1-3-5-7-17-9-11-18(12-10-17)13-15-29(25,26)22-14-6-8-20-23-19(16-28-20)21(24)27-4-2/h9-12,16,22H,3-8,13-15H2,1-2H3. The molecule has 0 amide bonds. The highest BCUT2D eigenvalue weighted by molar-refractivity contribution is 7.89. The number of nitrogens with one attached hydrogen (secondary N) is 1. The number of esters is 1. The van der Waals surface area contributed by atoms with Crippen molar-refractivity contribution in [2.75, 3.05) is 18.9 Å². The summed E-state index contributed by atoms with van der Waals surface area (Å²) in [6.45, 7) is 4.59. The number of rotatable bonds is 13. The van der Waals surface area contributed by atoms with Crippen LogP contribution >= 0.6 is 11.3 Å². The molecule has 1 aromatic carbocycles. The zero-order valence-corrected chi connectivity index (χ0v) is 18.8. The maximum atomic E-state index is 12.2. The number of sulfonamides is 1. The average Bonchev–Trinajstić information content (AvgIpc) is 3.18. The van der Waals surface area contributed by atoms with Crippen LogP contribution in [0.1, 0.15) is 59.7 Å². The van der Waals surface area contributed by atoms with E-state index in [1.807, 2.05) is 12.1 Å². The van der Waals surface area contributed by atoms with Gasteiger partial charge in [-0.2, -0.15) is 0 Å². The van der Waals surface area contributed by atoms with Gasteiger partial charge in [0, 0.05) is 18.3 Å². The number of hydrogen-bond donors (Lipinski definition) is 1. The van der Waals surface area contributed by atoms with Gasteiger partial charge in [0.1, 0.15) is 0 Å². The van der Waals surface area contributed by atoms with E-state index < -0.39 is 16.0 Å². The van der Waals surface area contributed by atoms with Crippen LogP contribution in [0.25, 0.3) is 0 Å². The second-order valence-electron chi connectivity index (χ2n) is 6.83. The highest BCUT2D eigenvalue weighted by Crippen LogP contribution is 2.13. The third kappa shape index (κ3) is 8.64. The lowest BCUT2D eigenvalue weighted by Crippen LogP contribution is -2.28. The van der Waals surface area contributed by atoms with Gasteiger partial charge in [-0.1, -0.05) is 37.6 Å². The Morgan fingerprint density at radius 1 is 1.07 bits per heavy atom. The lowest BCUT2D eigenvalue weighted by molar-refractivity contribution is 0.0520. The number of hydrogen-bond acceptors (Lipinski definition) is 6. The third-order valence-corrected chi connectivity index (χ3v) is 6.72. The van der Waals surface area contributed by atoms with Crippen molar-refractivity contribution in [3.05, 3.63) is 51.5 Å². The monoisotopic (exact) mass is 438 g/mol. The minimum atomic E-state index is -3.32. The molecule has 160 valence electrons. The van der Waals surface area contributed by atoms with Gasteiger partial charge in [-0.25, -0.2) is 22.9 Å². The number of nitrogens with zero attached hydrogens (tertiary/aromatic N) is 1. The van der Waals surface area contributed by atoms with Crippen LogP contribution in [0.5, 0.6) is 0 Å². The lowest BCUT2D eigenvalue weighted by atomic mass is 10.1. The van der Waals surface area contributed by atoms with Crippen molar-refractivity contribution in [1.29, 1.82) is 0 Å². The van der Waals surface area contributed by atoms with E-state index in [2.05, 4.69) is 28.8 Å². The first-order chi connectivity index (χ1) is 13.9. The normalized spacial score (nSPS) is 11.5. The number of thiazole rings is 1. The van der Waals surface area contributed by atoms with E-state index in [1.54, 1.807) is 12.3 Å². The molecule has 0 saturated carbocycles. The topological polar surface area (TPSA) is 85.4 Å². The Balaban J connectivity index is 1.70. The van der Waals surface area contributed by atoms with Crippen molar-refractivity contribution in [3.63, 3.8) is 0 Å². The van der Waals surface area contributed by atoms with E-state index in [0.29, 0.717) is 38.1 Å². The van der Waals surface area contributed by atoms with Crippen molar-refractivity contribution in [3.8, 4) is 0 Å². The number of aryl methyl sites for hydroxylation is 3. The Bertz CT molecular complexity index is 861. The molecule has 0 aliphatic heterocycles. The molecule has 0 aliphatic rings. The van der Waals surface area contributed by atoms with Gasteiger partial charge in [-0.05, 0) is 43.7 Å². The summed E-state index contributed by atoms with van der Waals surface area (Å²) in [5, 5.41) is 2.47. The molecule has 0 aliphatic carbocycles. The molecule has 1 heterocycles. The fourth-order valence-corrected chi connectivity index (χ4v) is 4.68.